The third-order valence-electron chi connectivity index (χ3n) is 4.43. The van der Waals surface area contributed by atoms with Crippen molar-refractivity contribution in [2.24, 2.45) is 5.10 Å². The van der Waals surface area contributed by atoms with E-state index in [9.17, 15) is 9.90 Å². The second kappa shape index (κ2) is 8.85. The van der Waals surface area contributed by atoms with Crippen molar-refractivity contribution in [2.45, 2.75) is 0 Å². The molecule has 1 fully saturated rings. The highest BCUT2D eigenvalue weighted by Gasteiger charge is 2.19. The minimum atomic E-state index is -0.392. The van der Waals surface area contributed by atoms with Crippen LogP contribution in [-0.4, -0.2) is 48.5 Å². The van der Waals surface area contributed by atoms with Gasteiger partial charge in [-0.1, -0.05) is 47.7 Å². The lowest BCUT2D eigenvalue weighted by Crippen LogP contribution is -2.36. The number of anilines is 1. The summed E-state index contributed by atoms with van der Waals surface area (Å²) in [5.74, 6) is -0.359. The van der Waals surface area contributed by atoms with E-state index >= 15 is 0 Å². The number of hydrogen-bond acceptors (Lipinski definition) is 7. The van der Waals surface area contributed by atoms with Crippen molar-refractivity contribution in [3.63, 3.8) is 0 Å². The molecule has 3 aromatic rings. The number of benzene rings is 2. The van der Waals surface area contributed by atoms with Gasteiger partial charge >= 0.3 is 0 Å². The number of nitrogens with zero attached hydrogens (tertiary/aromatic N) is 3. The highest BCUT2D eigenvalue weighted by atomic mass is 32.1. The summed E-state index contributed by atoms with van der Waals surface area (Å²) in [6.45, 7) is 2.96. The zero-order valence-corrected chi connectivity index (χ0v) is 16.4. The molecule has 1 aromatic heterocycles. The third-order valence-corrected chi connectivity index (χ3v) is 5.48. The Kier molecular flexibility index (Phi) is 5.83. The van der Waals surface area contributed by atoms with E-state index in [0.29, 0.717) is 18.8 Å². The number of phenolic OH excluding ortho intramolecular Hbond substituents is 1. The molecule has 0 radical (unpaired) electrons. The number of hydrogen-bond donors (Lipinski definition) is 2. The number of phenols is 1. The van der Waals surface area contributed by atoms with E-state index in [1.165, 1.54) is 23.5 Å². The molecule has 0 spiro atoms. The number of nitrogens with one attached hydrogen (secondary N) is 1. The molecule has 2 heterocycles. The Bertz CT molecular complexity index is 1010. The smallest absolute Gasteiger partial charge is 0.271 e. The zero-order valence-electron chi connectivity index (χ0n) is 15.6. The Morgan fingerprint density at radius 1 is 1.17 bits per heavy atom. The molecule has 0 saturated carbocycles. The number of hydrazone groups is 1. The van der Waals surface area contributed by atoms with Gasteiger partial charge in [0, 0.05) is 24.2 Å². The largest absolute Gasteiger partial charge is 0.508 e. The van der Waals surface area contributed by atoms with Gasteiger partial charge in [-0.15, -0.1) is 0 Å². The summed E-state index contributed by atoms with van der Waals surface area (Å²) < 4.78 is 5.43. The van der Waals surface area contributed by atoms with Gasteiger partial charge < -0.3 is 14.7 Å². The second-order valence-electron chi connectivity index (χ2n) is 6.42. The molecule has 29 heavy (non-hydrogen) atoms. The number of aromatic nitrogens is 1. The van der Waals surface area contributed by atoms with E-state index in [0.717, 1.165) is 34.4 Å². The summed E-state index contributed by atoms with van der Waals surface area (Å²) in [4.78, 5) is 20.1. The molecule has 0 aliphatic carbocycles. The van der Waals surface area contributed by atoms with Crippen molar-refractivity contribution in [3.8, 4) is 17.0 Å². The third kappa shape index (κ3) is 4.61. The molecule has 2 aromatic carbocycles. The minimum absolute atomic E-state index is 0.0330. The molecule has 1 aliphatic rings. The normalized spacial score (nSPS) is 14.3. The highest BCUT2D eigenvalue weighted by molar-refractivity contribution is 7.17. The fourth-order valence-electron chi connectivity index (χ4n) is 2.96. The van der Waals surface area contributed by atoms with Gasteiger partial charge in [0.2, 0.25) is 0 Å². The van der Waals surface area contributed by atoms with Crippen LogP contribution in [0.5, 0.6) is 5.75 Å². The van der Waals surface area contributed by atoms with Crippen LogP contribution in [0.4, 0.5) is 5.13 Å². The first-order chi connectivity index (χ1) is 14.2. The summed E-state index contributed by atoms with van der Waals surface area (Å²) in [6.07, 6.45) is 1.62. The number of aromatic hydroxyl groups is 1. The van der Waals surface area contributed by atoms with E-state index in [1.807, 2.05) is 30.3 Å². The number of thiazole rings is 1. The quantitative estimate of drug-likeness (QED) is 0.500. The molecule has 0 bridgehead atoms. The van der Waals surface area contributed by atoms with Gasteiger partial charge in [-0.05, 0) is 18.2 Å². The van der Waals surface area contributed by atoms with Gasteiger partial charge in [0.05, 0.1) is 30.0 Å². The van der Waals surface area contributed by atoms with E-state index in [1.54, 1.807) is 18.3 Å². The summed E-state index contributed by atoms with van der Waals surface area (Å²) >= 11 is 1.53. The summed E-state index contributed by atoms with van der Waals surface area (Å²) in [6, 6.07) is 16.0. The number of ether oxygens (including phenoxy) is 1. The predicted octanol–water partition coefficient (Wildman–Crippen LogP) is 3.12. The summed E-state index contributed by atoms with van der Waals surface area (Å²) in [7, 11) is 0. The van der Waals surface area contributed by atoms with E-state index in [2.05, 4.69) is 15.4 Å². The van der Waals surface area contributed by atoms with Crippen molar-refractivity contribution < 1.29 is 14.6 Å². The lowest BCUT2D eigenvalue weighted by atomic mass is 10.1. The molecule has 148 valence electrons. The van der Waals surface area contributed by atoms with E-state index < -0.39 is 5.91 Å². The fourth-order valence-corrected chi connectivity index (χ4v) is 3.97. The monoisotopic (exact) mass is 408 g/mol. The summed E-state index contributed by atoms with van der Waals surface area (Å²) in [5, 5.41) is 14.5. The Labute approximate surface area is 172 Å². The van der Waals surface area contributed by atoms with Crippen LogP contribution in [-0.2, 0) is 4.74 Å². The Morgan fingerprint density at radius 2 is 1.97 bits per heavy atom. The van der Waals surface area contributed by atoms with Crippen molar-refractivity contribution >= 4 is 28.6 Å². The van der Waals surface area contributed by atoms with Crippen LogP contribution in [0.2, 0.25) is 0 Å². The molecule has 7 nitrogen and oxygen atoms in total. The van der Waals surface area contributed by atoms with Gasteiger partial charge in [-0.25, -0.2) is 10.4 Å². The lowest BCUT2D eigenvalue weighted by Gasteiger charge is -2.26. The molecular formula is C21H20N4O3S. The van der Waals surface area contributed by atoms with Gasteiger partial charge in [0.15, 0.2) is 5.13 Å². The first kappa shape index (κ1) is 19.1. The number of amides is 1. The Morgan fingerprint density at radius 3 is 2.72 bits per heavy atom. The predicted molar refractivity (Wildman–Crippen MR) is 114 cm³/mol. The van der Waals surface area contributed by atoms with Crippen molar-refractivity contribution in [3.05, 3.63) is 65.0 Å². The summed E-state index contributed by atoms with van der Waals surface area (Å²) in [5.41, 5.74) is 4.66. The van der Waals surface area contributed by atoms with Crippen molar-refractivity contribution in [1.82, 2.24) is 10.4 Å². The van der Waals surface area contributed by atoms with Gasteiger partial charge in [0.1, 0.15) is 5.75 Å². The molecule has 0 atom stereocenters. The van der Waals surface area contributed by atoms with Crippen LogP contribution in [0.25, 0.3) is 11.3 Å². The number of rotatable bonds is 5. The van der Waals surface area contributed by atoms with Crippen LogP contribution >= 0.6 is 11.3 Å². The average molecular weight is 408 g/mol. The molecule has 8 heteroatoms. The van der Waals surface area contributed by atoms with Gasteiger partial charge in [-0.3, -0.25) is 4.79 Å². The van der Waals surface area contributed by atoms with E-state index in [-0.39, 0.29) is 5.75 Å². The zero-order chi connectivity index (χ0) is 20.1. The molecule has 1 amide bonds. The van der Waals surface area contributed by atoms with Crippen molar-refractivity contribution in [1.29, 1.82) is 0 Å². The maximum Gasteiger partial charge on any atom is 0.271 e. The minimum Gasteiger partial charge on any atom is -0.508 e. The molecule has 1 aliphatic heterocycles. The van der Waals surface area contributed by atoms with E-state index in [4.69, 9.17) is 9.72 Å². The maximum absolute atomic E-state index is 12.2. The van der Waals surface area contributed by atoms with Gasteiger partial charge in [0.25, 0.3) is 5.91 Å². The molecule has 2 N–H and O–H groups in total. The topological polar surface area (TPSA) is 87.1 Å². The Hall–Kier alpha value is -3.23. The number of morpholine rings is 1. The van der Waals surface area contributed by atoms with Gasteiger partial charge in [-0.2, -0.15) is 5.10 Å². The number of carbonyl (C=O) groups excluding carboxylic acids is 1. The first-order valence-electron chi connectivity index (χ1n) is 9.22. The van der Waals surface area contributed by atoms with Crippen LogP contribution in [0, 0.1) is 0 Å². The van der Waals surface area contributed by atoms with Crippen LogP contribution in [0.1, 0.15) is 15.2 Å². The molecule has 1 saturated heterocycles. The fraction of sp³-hybridized carbons (Fsp3) is 0.190. The van der Waals surface area contributed by atoms with Crippen LogP contribution in [0.15, 0.2) is 59.7 Å². The standard InChI is InChI=1S/C21H20N4O3S/c26-17-8-4-7-16(13-17)20(27)24-22-14-18-19(15-5-2-1-3-6-15)23-21(29-18)25-9-11-28-12-10-25/h1-8,13-14,26H,9-12H2,(H,24,27). The molecule has 0 unspecified atom stereocenters. The highest BCUT2D eigenvalue weighted by Crippen LogP contribution is 2.32. The molecule has 4 rings (SSSR count). The van der Waals surface area contributed by atoms with Crippen molar-refractivity contribution in [2.75, 3.05) is 31.2 Å². The van der Waals surface area contributed by atoms with Crippen LogP contribution < -0.4 is 10.3 Å². The second-order valence-corrected chi connectivity index (χ2v) is 7.43. The van der Waals surface area contributed by atoms with Crippen LogP contribution in [0.3, 0.4) is 0 Å². The molecular weight excluding hydrogens is 388 g/mol. The Balaban J connectivity index is 1.57. The number of carbonyl (C=O) groups is 1. The lowest BCUT2D eigenvalue weighted by molar-refractivity contribution is 0.0954. The maximum atomic E-state index is 12.2. The first-order valence-corrected chi connectivity index (χ1v) is 10.0. The average Bonchev–Trinajstić information content (AvgIpc) is 3.19. The SMILES string of the molecule is O=C(NN=Cc1sc(N2CCOCC2)nc1-c1ccccc1)c1cccc(O)c1.